The molecule has 1 aromatic carbocycles. The highest BCUT2D eigenvalue weighted by molar-refractivity contribution is 5.76. The van der Waals surface area contributed by atoms with E-state index in [0.717, 1.165) is 12.8 Å². The Balaban J connectivity index is 1.98. The van der Waals surface area contributed by atoms with E-state index in [1.807, 2.05) is 31.2 Å². The molecule has 0 bridgehead atoms. The van der Waals surface area contributed by atoms with Crippen molar-refractivity contribution in [3.63, 3.8) is 0 Å². The molecule has 2 rings (SSSR count). The number of benzene rings is 1. The third-order valence-corrected chi connectivity index (χ3v) is 4.22. The summed E-state index contributed by atoms with van der Waals surface area (Å²) in [6.07, 6.45) is 2.16. The number of hydrogen-bond donors (Lipinski definition) is 2. The quantitative estimate of drug-likeness (QED) is 0.571. The number of aromatic amines is 1. The molecular formula is C20H28N4O4. The van der Waals surface area contributed by atoms with E-state index >= 15 is 0 Å². The normalized spacial score (nSPS) is 11.8. The summed E-state index contributed by atoms with van der Waals surface area (Å²) >= 11 is 0. The predicted octanol–water partition coefficient (Wildman–Crippen LogP) is 2.09. The number of methoxy groups -OCH3 is 1. The maximum Gasteiger partial charge on any atom is 0.273 e. The maximum absolute atomic E-state index is 12.3. The second-order valence-electron chi connectivity index (χ2n) is 6.51. The zero-order valence-electron chi connectivity index (χ0n) is 16.7. The van der Waals surface area contributed by atoms with Gasteiger partial charge in [0, 0.05) is 38.7 Å². The number of H-pyrrole nitrogens is 1. The van der Waals surface area contributed by atoms with Gasteiger partial charge in [-0.3, -0.25) is 9.59 Å². The van der Waals surface area contributed by atoms with E-state index in [4.69, 9.17) is 9.47 Å². The van der Waals surface area contributed by atoms with Crippen molar-refractivity contribution in [1.82, 2.24) is 20.5 Å². The fourth-order valence-electron chi connectivity index (χ4n) is 2.45. The van der Waals surface area contributed by atoms with Gasteiger partial charge in [-0.2, -0.15) is 0 Å². The fraction of sp³-hybridized carbons (Fsp3) is 0.500. The lowest BCUT2D eigenvalue weighted by Gasteiger charge is -2.13. The minimum absolute atomic E-state index is 0.100. The molecule has 0 aliphatic rings. The summed E-state index contributed by atoms with van der Waals surface area (Å²) in [7, 11) is 1.62. The molecule has 0 fully saturated rings. The van der Waals surface area contributed by atoms with Crippen LogP contribution in [-0.4, -0.2) is 47.5 Å². The lowest BCUT2D eigenvalue weighted by molar-refractivity contribution is -0.121. The van der Waals surface area contributed by atoms with Crippen molar-refractivity contribution in [2.45, 2.75) is 45.6 Å². The van der Waals surface area contributed by atoms with E-state index in [2.05, 4.69) is 27.4 Å². The lowest BCUT2D eigenvalue weighted by atomic mass is 10.2. The molecule has 0 radical (unpaired) electrons. The molecule has 2 N–H and O–H groups in total. The first-order chi connectivity index (χ1) is 13.5. The van der Waals surface area contributed by atoms with Gasteiger partial charge >= 0.3 is 0 Å². The number of rotatable bonds is 11. The van der Waals surface area contributed by atoms with Gasteiger partial charge in [0.2, 0.25) is 5.91 Å². The number of hydrogen-bond acceptors (Lipinski definition) is 6. The van der Waals surface area contributed by atoms with E-state index in [1.165, 1.54) is 0 Å². The van der Waals surface area contributed by atoms with Crippen molar-refractivity contribution in [3.05, 3.63) is 40.3 Å². The maximum atomic E-state index is 12.3. The largest absolute Gasteiger partial charge is 0.491 e. The molecule has 0 aliphatic carbocycles. The van der Waals surface area contributed by atoms with Crippen LogP contribution in [-0.2, 0) is 16.0 Å². The van der Waals surface area contributed by atoms with Gasteiger partial charge in [0.15, 0.2) is 5.82 Å². The highest BCUT2D eigenvalue weighted by atomic mass is 16.5. The third kappa shape index (κ3) is 6.77. The van der Waals surface area contributed by atoms with Crippen LogP contribution < -0.4 is 15.6 Å². The SMILES string of the molecule is CC[C@H](C)Oc1cccc(-c2nnc(CCC(=O)NCCCOC)c(=O)[nH]2)c1. The van der Waals surface area contributed by atoms with Gasteiger partial charge in [-0.1, -0.05) is 19.1 Å². The summed E-state index contributed by atoms with van der Waals surface area (Å²) in [6.45, 7) is 5.19. The second-order valence-corrected chi connectivity index (χ2v) is 6.51. The minimum atomic E-state index is -0.342. The molecule has 2 aromatic rings. The molecule has 0 saturated carbocycles. The van der Waals surface area contributed by atoms with Gasteiger partial charge in [-0.05, 0) is 31.9 Å². The number of carbonyl (C=O) groups is 1. The van der Waals surface area contributed by atoms with Gasteiger partial charge in [-0.15, -0.1) is 10.2 Å². The van der Waals surface area contributed by atoms with Gasteiger partial charge in [0.1, 0.15) is 11.4 Å². The molecule has 0 aliphatic heterocycles. The van der Waals surface area contributed by atoms with Gasteiger partial charge < -0.3 is 19.8 Å². The summed E-state index contributed by atoms with van der Waals surface area (Å²) in [5.74, 6) is 0.951. The lowest BCUT2D eigenvalue weighted by Crippen LogP contribution is -2.27. The molecule has 8 nitrogen and oxygen atoms in total. The Kier molecular flexibility index (Phi) is 8.61. The van der Waals surface area contributed by atoms with Crippen molar-refractivity contribution in [2.24, 2.45) is 0 Å². The third-order valence-electron chi connectivity index (χ3n) is 4.22. The number of amides is 1. The Hall–Kier alpha value is -2.74. The second kappa shape index (κ2) is 11.2. The van der Waals surface area contributed by atoms with Crippen LogP contribution in [0.4, 0.5) is 0 Å². The van der Waals surface area contributed by atoms with Crippen molar-refractivity contribution < 1.29 is 14.3 Å². The average molecular weight is 388 g/mol. The first-order valence-electron chi connectivity index (χ1n) is 9.52. The van der Waals surface area contributed by atoms with Crippen molar-refractivity contribution in [2.75, 3.05) is 20.3 Å². The highest BCUT2D eigenvalue weighted by Crippen LogP contribution is 2.21. The summed E-state index contributed by atoms with van der Waals surface area (Å²) in [6, 6.07) is 7.35. The number of aryl methyl sites for hydroxylation is 1. The number of nitrogens with zero attached hydrogens (tertiary/aromatic N) is 2. The van der Waals surface area contributed by atoms with Crippen LogP contribution in [0, 0.1) is 0 Å². The Morgan fingerprint density at radius 1 is 1.32 bits per heavy atom. The Labute approximate surface area is 164 Å². The van der Waals surface area contributed by atoms with Gasteiger partial charge in [0.25, 0.3) is 5.56 Å². The Morgan fingerprint density at radius 2 is 2.14 bits per heavy atom. The van der Waals surface area contributed by atoms with Crippen LogP contribution in [0.15, 0.2) is 29.1 Å². The molecule has 0 unspecified atom stereocenters. The summed E-state index contributed by atoms with van der Waals surface area (Å²) < 4.78 is 10.7. The topological polar surface area (TPSA) is 106 Å². The number of carbonyl (C=O) groups excluding carboxylic acids is 1. The summed E-state index contributed by atoms with van der Waals surface area (Å²) in [5, 5.41) is 10.9. The van der Waals surface area contributed by atoms with Crippen LogP contribution in [0.5, 0.6) is 5.75 Å². The zero-order chi connectivity index (χ0) is 20.4. The van der Waals surface area contributed by atoms with E-state index < -0.39 is 0 Å². The van der Waals surface area contributed by atoms with Crippen LogP contribution in [0.1, 0.15) is 38.8 Å². The molecule has 0 spiro atoms. The zero-order valence-corrected chi connectivity index (χ0v) is 16.7. The van der Waals surface area contributed by atoms with Crippen molar-refractivity contribution in [1.29, 1.82) is 0 Å². The highest BCUT2D eigenvalue weighted by Gasteiger charge is 2.10. The van der Waals surface area contributed by atoms with Crippen LogP contribution >= 0.6 is 0 Å². The van der Waals surface area contributed by atoms with Crippen LogP contribution in [0.25, 0.3) is 11.4 Å². The van der Waals surface area contributed by atoms with E-state index in [0.29, 0.717) is 30.3 Å². The predicted molar refractivity (Wildman–Crippen MR) is 106 cm³/mol. The first kappa shape index (κ1) is 21.6. The fourth-order valence-corrected chi connectivity index (χ4v) is 2.45. The molecule has 0 saturated heterocycles. The monoisotopic (exact) mass is 388 g/mol. The van der Waals surface area contributed by atoms with E-state index in [9.17, 15) is 9.59 Å². The molecule has 1 atom stereocenters. The Bertz CT molecular complexity index is 822. The molecule has 1 amide bonds. The van der Waals surface area contributed by atoms with E-state index in [-0.39, 0.29) is 36.1 Å². The molecule has 152 valence electrons. The Morgan fingerprint density at radius 3 is 2.86 bits per heavy atom. The first-order valence-corrected chi connectivity index (χ1v) is 9.52. The minimum Gasteiger partial charge on any atom is -0.491 e. The number of ether oxygens (including phenoxy) is 2. The summed E-state index contributed by atoms with van der Waals surface area (Å²) in [5.41, 5.74) is 0.612. The molecular weight excluding hydrogens is 360 g/mol. The number of aromatic nitrogens is 3. The molecule has 1 aromatic heterocycles. The average Bonchev–Trinajstić information content (AvgIpc) is 2.70. The van der Waals surface area contributed by atoms with Crippen molar-refractivity contribution >= 4 is 5.91 Å². The smallest absolute Gasteiger partial charge is 0.273 e. The van der Waals surface area contributed by atoms with Crippen LogP contribution in [0.3, 0.4) is 0 Å². The van der Waals surface area contributed by atoms with Crippen LogP contribution in [0.2, 0.25) is 0 Å². The number of nitrogens with one attached hydrogen (secondary N) is 2. The van der Waals surface area contributed by atoms with Crippen molar-refractivity contribution in [3.8, 4) is 17.1 Å². The summed E-state index contributed by atoms with van der Waals surface area (Å²) in [4.78, 5) is 26.8. The molecule has 28 heavy (non-hydrogen) atoms. The van der Waals surface area contributed by atoms with Gasteiger partial charge in [0.05, 0.1) is 6.10 Å². The van der Waals surface area contributed by atoms with Gasteiger partial charge in [-0.25, -0.2) is 0 Å². The van der Waals surface area contributed by atoms with E-state index in [1.54, 1.807) is 7.11 Å². The molecule has 1 heterocycles. The standard InChI is InChI=1S/C20H28N4O4/c1-4-14(2)28-16-8-5-7-15(13-16)19-22-20(26)17(23-24-19)9-10-18(25)21-11-6-12-27-3/h5,7-8,13-14H,4,6,9-12H2,1-3H3,(H,21,25)(H,22,24,26)/t14-/m0/s1. The molecule has 8 heteroatoms.